The quantitative estimate of drug-likeness (QED) is 0.791. The molecule has 1 unspecified atom stereocenters. The molecule has 0 radical (unpaired) electrons. The topological polar surface area (TPSA) is 38.7 Å². The fraction of sp³-hybridized carbons (Fsp3) is 0.0714. The van der Waals surface area contributed by atoms with Crippen molar-refractivity contribution in [1.29, 1.82) is 0 Å². The lowest BCUT2D eigenvalue weighted by molar-refractivity contribution is 0.564. The second-order valence-electron chi connectivity index (χ2n) is 3.76. The van der Waals surface area contributed by atoms with E-state index in [0.717, 1.165) is 11.1 Å². The van der Waals surface area contributed by atoms with Crippen molar-refractivity contribution < 1.29 is 8.39 Å². The van der Waals surface area contributed by atoms with Crippen LogP contribution in [0.2, 0.25) is 0 Å². The van der Waals surface area contributed by atoms with Gasteiger partial charge in [-0.25, -0.2) is 0 Å². The molecule has 0 aliphatic carbocycles. The maximum Gasteiger partial charge on any atom is 0.338 e. The van der Waals surface area contributed by atoms with Gasteiger partial charge < -0.3 is 4.18 Å². The number of nitrogens with zero attached hydrogens (tertiary/aromatic N) is 1. The van der Waals surface area contributed by atoms with Gasteiger partial charge in [-0.3, -0.25) is 0 Å². The molecule has 3 nitrogen and oxygen atoms in total. The smallest absolute Gasteiger partial charge is 0.338 e. The van der Waals surface area contributed by atoms with E-state index in [1.807, 2.05) is 49.4 Å². The number of hydrogen-bond donors (Lipinski definition) is 0. The molecule has 0 saturated heterocycles. The van der Waals surface area contributed by atoms with Crippen molar-refractivity contribution in [2.45, 2.75) is 6.92 Å². The van der Waals surface area contributed by atoms with Crippen LogP contribution in [0.25, 0.3) is 0 Å². The van der Waals surface area contributed by atoms with Crippen LogP contribution in [-0.4, -0.2) is 10.4 Å². The van der Waals surface area contributed by atoms with Crippen LogP contribution in [0.1, 0.15) is 11.1 Å². The van der Waals surface area contributed by atoms with Crippen LogP contribution < -0.4 is 4.18 Å². The molecule has 0 spiro atoms. The summed E-state index contributed by atoms with van der Waals surface area (Å²) in [6.45, 7) is 1.98. The molecule has 0 aromatic heterocycles. The minimum Gasteiger partial charge on any atom is -0.384 e. The van der Waals surface area contributed by atoms with Crippen molar-refractivity contribution >= 4 is 17.5 Å². The number of rotatable bonds is 4. The molecule has 0 bridgehead atoms. The first-order valence-electron chi connectivity index (χ1n) is 5.50. The summed E-state index contributed by atoms with van der Waals surface area (Å²) in [6, 6.07) is 16.8. The molecular formula is C14H13NO2S. The van der Waals surface area contributed by atoms with E-state index in [2.05, 4.69) is 4.40 Å². The number of benzene rings is 2. The van der Waals surface area contributed by atoms with Gasteiger partial charge in [0.25, 0.3) is 0 Å². The second-order valence-corrected chi connectivity index (χ2v) is 4.57. The van der Waals surface area contributed by atoms with Gasteiger partial charge in [0.05, 0.1) is 0 Å². The van der Waals surface area contributed by atoms with Gasteiger partial charge in [0.2, 0.25) is 0 Å². The highest BCUT2D eigenvalue weighted by Gasteiger charge is 1.99. The van der Waals surface area contributed by atoms with Crippen molar-refractivity contribution in [2.24, 2.45) is 4.40 Å². The van der Waals surface area contributed by atoms with Crippen molar-refractivity contribution in [2.75, 3.05) is 0 Å². The molecule has 0 fully saturated rings. The first-order valence-corrected chi connectivity index (χ1v) is 6.53. The van der Waals surface area contributed by atoms with E-state index in [1.54, 1.807) is 12.1 Å². The third-order valence-electron chi connectivity index (χ3n) is 2.28. The Morgan fingerprint density at radius 2 is 1.72 bits per heavy atom. The van der Waals surface area contributed by atoms with E-state index in [1.165, 1.54) is 6.21 Å². The Hall–Kier alpha value is -1.94. The first-order chi connectivity index (χ1) is 8.74. The molecule has 92 valence electrons. The van der Waals surface area contributed by atoms with Gasteiger partial charge in [-0.15, -0.1) is 0 Å². The van der Waals surface area contributed by atoms with E-state index in [4.69, 9.17) is 4.18 Å². The molecule has 0 aliphatic heterocycles. The summed E-state index contributed by atoms with van der Waals surface area (Å²) < 4.78 is 20.6. The normalized spacial score (nSPS) is 12.5. The Morgan fingerprint density at radius 3 is 2.39 bits per heavy atom. The number of hydrogen-bond acceptors (Lipinski definition) is 2. The molecule has 2 aromatic carbocycles. The molecule has 0 N–H and O–H groups in total. The molecule has 18 heavy (non-hydrogen) atoms. The lowest BCUT2D eigenvalue weighted by Gasteiger charge is -2.00. The Labute approximate surface area is 109 Å². The van der Waals surface area contributed by atoms with Crippen molar-refractivity contribution in [3.63, 3.8) is 0 Å². The standard InChI is InChI=1S/C14H13NO2S/c1-12-7-9-14(10-8-12)17-18(16)15-11-13-5-3-2-4-6-13/h2-11H,1H3/b15-11+. The van der Waals surface area contributed by atoms with Crippen molar-refractivity contribution in [1.82, 2.24) is 0 Å². The summed E-state index contributed by atoms with van der Waals surface area (Å²) in [7, 11) is 0. The van der Waals surface area contributed by atoms with Gasteiger partial charge in [-0.2, -0.15) is 8.61 Å². The van der Waals surface area contributed by atoms with Crippen LogP contribution in [-0.2, 0) is 11.3 Å². The molecule has 0 saturated carbocycles. The summed E-state index contributed by atoms with van der Waals surface area (Å²) >= 11 is -1.71. The third kappa shape index (κ3) is 3.82. The average molecular weight is 259 g/mol. The van der Waals surface area contributed by atoms with Crippen LogP contribution in [0.3, 0.4) is 0 Å². The van der Waals surface area contributed by atoms with E-state index >= 15 is 0 Å². The van der Waals surface area contributed by atoms with Crippen molar-refractivity contribution in [3.05, 3.63) is 65.7 Å². The van der Waals surface area contributed by atoms with Crippen LogP contribution in [0.15, 0.2) is 59.0 Å². The predicted molar refractivity (Wildman–Crippen MR) is 74.0 cm³/mol. The highest BCUT2D eigenvalue weighted by atomic mass is 32.2. The van der Waals surface area contributed by atoms with E-state index in [0.29, 0.717) is 5.75 Å². The zero-order valence-corrected chi connectivity index (χ0v) is 10.8. The highest BCUT2D eigenvalue weighted by Crippen LogP contribution is 2.12. The van der Waals surface area contributed by atoms with Crippen molar-refractivity contribution in [3.8, 4) is 5.75 Å². The minimum absolute atomic E-state index is 0.546. The first kappa shape index (κ1) is 12.5. The van der Waals surface area contributed by atoms with E-state index in [9.17, 15) is 4.21 Å². The maximum absolute atomic E-state index is 11.6. The second kappa shape index (κ2) is 6.12. The lowest BCUT2D eigenvalue weighted by Crippen LogP contribution is -1.97. The Morgan fingerprint density at radius 1 is 1.06 bits per heavy atom. The van der Waals surface area contributed by atoms with Gasteiger partial charge in [-0.1, -0.05) is 48.0 Å². The Bertz CT molecular complexity index is 550. The predicted octanol–water partition coefficient (Wildman–Crippen LogP) is 3.07. The average Bonchev–Trinajstić information content (AvgIpc) is 2.40. The maximum atomic E-state index is 11.6. The van der Waals surface area contributed by atoms with Gasteiger partial charge in [-0.05, 0) is 24.6 Å². The molecule has 2 aromatic rings. The summed E-state index contributed by atoms with van der Waals surface area (Å²) in [5, 5.41) is 0. The largest absolute Gasteiger partial charge is 0.384 e. The van der Waals surface area contributed by atoms with E-state index in [-0.39, 0.29) is 0 Å². The molecule has 1 atom stereocenters. The van der Waals surface area contributed by atoms with Gasteiger partial charge in [0.1, 0.15) is 5.75 Å². The SMILES string of the molecule is Cc1ccc(OS(=O)/N=C/c2ccccc2)cc1. The monoisotopic (exact) mass is 259 g/mol. The van der Waals surface area contributed by atoms with Crippen LogP contribution in [0.5, 0.6) is 5.75 Å². The molecule has 0 heterocycles. The van der Waals surface area contributed by atoms with E-state index < -0.39 is 11.3 Å². The zero-order chi connectivity index (χ0) is 12.8. The Kier molecular flexibility index (Phi) is 4.25. The zero-order valence-electron chi connectivity index (χ0n) is 9.95. The lowest BCUT2D eigenvalue weighted by atomic mass is 10.2. The minimum atomic E-state index is -1.71. The van der Waals surface area contributed by atoms with Gasteiger partial charge in [0, 0.05) is 6.21 Å². The number of aryl methyl sites for hydroxylation is 1. The molecule has 4 heteroatoms. The third-order valence-corrected chi connectivity index (χ3v) is 2.89. The Balaban J connectivity index is 1.97. The fourth-order valence-corrected chi connectivity index (χ4v) is 1.87. The summed E-state index contributed by atoms with van der Waals surface area (Å²) in [5.41, 5.74) is 2.01. The van der Waals surface area contributed by atoms with Gasteiger partial charge in [0.15, 0.2) is 0 Å². The van der Waals surface area contributed by atoms with Crippen LogP contribution in [0, 0.1) is 6.92 Å². The summed E-state index contributed by atoms with van der Waals surface area (Å²) in [5.74, 6) is 0.546. The molecule has 2 rings (SSSR count). The molecule has 0 aliphatic rings. The molecular weight excluding hydrogens is 246 g/mol. The summed E-state index contributed by atoms with van der Waals surface area (Å²) in [6.07, 6.45) is 1.53. The van der Waals surface area contributed by atoms with Crippen LogP contribution >= 0.6 is 0 Å². The highest BCUT2D eigenvalue weighted by molar-refractivity contribution is 7.79. The van der Waals surface area contributed by atoms with Crippen LogP contribution in [0.4, 0.5) is 0 Å². The fourth-order valence-electron chi connectivity index (χ4n) is 1.34. The van der Waals surface area contributed by atoms with Gasteiger partial charge >= 0.3 is 11.3 Å². The summed E-state index contributed by atoms with van der Waals surface area (Å²) in [4.78, 5) is 0. The molecule has 0 amide bonds.